The standard InChI is InChI=1S/C19H23NO2/c1-2-3-14-20(18-12-8-5-9-13-18)19(21)16-22-15-17-10-6-4-7-11-17/h4-13H,2-3,14-16H2,1H3. The zero-order chi connectivity index (χ0) is 15.6. The zero-order valence-corrected chi connectivity index (χ0v) is 13.1. The molecule has 0 aliphatic carbocycles. The van der Waals surface area contributed by atoms with Crippen molar-refractivity contribution in [3.8, 4) is 0 Å². The number of ether oxygens (including phenoxy) is 1. The van der Waals surface area contributed by atoms with Crippen molar-refractivity contribution in [2.24, 2.45) is 0 Å². The molecule has 0 N–H and O–H groups in total. The molecule has 2 rings (SSSR count). The molecule has 3 heteroatoms. The first-order chi connectivity index (χ1) is 10.8. The van der Waals surface area contributed by atoms with Gasteiger partial charge in [0.05, 0.1) is 6.61 Å². The molecule has 2 aromatic rings. The minimum Gasteiger partial charge on any atom is -0.367 e. The van der Waals surface area contributed by atoms with Gasteiger partial charge in [0.15, 0.2) is 0 Å². The molecule has 0 atom stereocenters. The molecule has 22 heavy (non-hydrogen) atoms. The van der Waals surface area contributed by atoms with Crippen molar-refractivity contribution in [2.45, 2.75) is 26.4 Å². The Labute approximate surface area is 132 Å². The summed E-state index contributed by atoms with van der Waals surface area (Å²) >= 11 is 0. The van der Waals surface area contributed by atoms with Crippen molar-refractivity contribution in [2.75, 3.05) is 18.1 Å². The number of carbonyl (C=O) groups is 1. The molecule has 0 aromatic heterocycles. The highest BCUT2D eigenvalue weighted by Gasteiger charge is 2.14. The van der Waals surface area contributed by atoms with Crippen LogP contribution in [0.1, 0.15) is 25.3 Å². The van der Waals surface area contributed by atoms with Crippen molar-refractivity contribution in [3.63, 3.8) is 0 Å². The van der Waals surface area contributed by atoms with E-state index in [0.717, 1.165) is 30.6 Å². The Balaban J connectivity index is 1.91. The molecular formula is C19H23NO2. The Bertz CT molecular complexity index is 554. The van der Waals surface area contributed by atoms with E-state index in [1.54, 1.807) is 0 Å². The van der Waals surface area contributed by atoms with Crippen LogP contribution in [0.25, 0.3) is 0 Å². The molecule has 0 aliphatic rings. The van der Waals surface area contributed by atoms with Gasteiger partial charge < -0.3 is 9.64 Å². The van der Waals surface area contributed by atoms with Gasteiger partial charge in [-0.15, -0.1) is 0 Å². The van der Waals surface area contributed by atoms with E-state index < -0.39 is 0 Å². The highest BCUT2D eigenvalue weighted by Crippen LogP contribution is 2.15. The predicted molar refractivity (Wildman–Crippen MR) is 89.8 cm³/mol. The SMILES string of the molecule is CCCCN(C(=O)COCc1ccccc1)c1ccccc1. The fourth-order valence-electron chi connectivity index (χ4n) is 2.23. The van der Waals surface area contributed by atoms with Crippen LogP contribution < -0.4 is 4.90 Å². The zero-order valence-electron chi connectivity index (χ0n) is 13.1. The second-order valence-electron chi connectivity index (χ2n) is 5.21. The van der Waals surface area contributed by atoms with Crippen LogP contribution in [0.2, 0.25) is 0 Å². The smallest absolute Gasteiger partial charge is 0.252 e. The van der Waals surface area contributed by atoms with Crippen LogP contribution in [0.15, 0.2) is 60.7 Å². The third-order valence-corrected chi connectivity index (χ3v) is 3.44. The van der Waals surface area contributed by atoms with E-state index in [9.17, 15) is 4.79 Å². The summed E-state index contributed by atoms with van der Waals surface area (Å²) in [6.45, 7) is 3.42. The fraction of sp³-hybridized carbons (Fsp3) is 0.316. The predicted octanol–water partition coefficient (Wildman–Crippen LogP) is 4.04. The van der Waals surface area contributed by atoms with Crippen LogP contribution in [-0.2, 0) is 16.1 Å². The molecular weight excluding hydrogens is 274 g/mol. The van der Waals surface area contributed by atoms with Gasteiger partial charge in [0.1, 0.15) is 6.61 Å². The molecule has 0 unspecified atom stereocenters. The first kappa shape index (κ1) is 16.2. The molecule has 3 nitrogen and oxygen atoms in total. The normalized spacial score (nSPS) is 10.4. The number of hydrogen-bond donors (Lipinski definition) is 0. The van der Waals surface area contributed by atoms with E-state index in [-0.39, 0.29) is 12.5 Å². The molecule has 0 saturated carbocycles. The van der Waals surface area contributed by atoms with E-state index in [1.165, 1.54) is 0 Å². The number of unbranched alkanes of at least 4 members (excludes halogenated alkanes) is 1. The van der Waals surface area contributed by atoms with E-state index in [2.05, 4.69) is 6.92 Å². The number of anilines is 1. The summed E-state index contributed by atoms with van der Waals surface area (Å²) in [5, 5.41) is 0. The lowest BCUT2D eigenvalue weighted by molar-refractivity contribution is -0.123. The summed E-state index contributed by atoms with van der Waals surface area (Å²) in [5.41, 5.74) is 2.01. The molecule has 0 heterocycles. The third kappa shape index (κ3) is 5.01. The molecule has 0 saturated heterocycles. The highest BCUT2D eigenvalue weighted by atomic mass is 16.5. The molecule has 0 aliphatic heterocycles. The second-order valence-corrected chi connectivity index (χ2v) is 5.21. The number of nitrogens with zero attached hydrogens (tertiary/aromatic N) is 1. The summed E-state index contributed by atoms with van der Waals surface area (Å²) in [5.74, 6) is 0.00980. The van der Waals surface area contributed by atoms with Crippen molar-refractivity contribution in [1.29, 1.82) is 0 Å². The highest BCUT2D eigenvalue weighted by molar-refractivity contribution is 5.94. The largest absolute Gasteiger partial charge is 0.367 e. The van der Waals surface area contributed by atoms with Crippen LogP contribution in [0, 0.1) is 0 Å². The van der Waals surface area contributed by atoms with Gasteiger partial charge in [-0.3, -0.25) is 4.79 Å². The van der Waals surface area contributed by atoms with Crippen molar-refractivity contribution in [3.05, 3.63) is 66.2 Å². The van der Waals surface area contributed by atoms with Crippen LogP contribution >= 0.6 is 0 Å². The summed E-state index contributed by atoms with van der Waals surface area (Å²) in [4.78, 5) is 14.3. The van der Waals surface area contributed by atoms with Crippen LogP contribution in [-0.4, -0.2) is 19.1 Å². The number of para-hydroxylation sites is 1. The van der Waals surface area contributed by atoms with Gasteiger partial charge in [0.25, 0.3) is 5.91 Å². The van der Waals surface area contributed by atoms with Gasteiger partial charge in [0.2, 0.25) is 0 Å². The number of rotatable bonds is 8. The van der Waals surface area contributed by atoms with E-state index in [1.807, 2.05) is 65.6 Å². The van der Waals surface area contributed by atoms with Gasteiger partial charge in [-0.25, -0.2) is 0 Å². The molecule has 1 amide bonds. The lowest BCUT2D eigenvalue weighted by atomic mass is 10.2. The minimum atomic E-state index is 0.00980. The van der Waals surface area contributed by atoms with Gasteiger partial charge in [0, 0.05) is 12.2 Å². The van der Waals surface area contributed by atoms with E-state index in [4.69, 9.17) is 4.74 Å². The lowest BCUT2D eigenvalue weighted by Gasteiger charge is -2.22. The second kappa shape index (κ2) is 9.00. The molecule has 2 aromatic carbocycles. The van der Waals surface area contributed by atoms with Gasteiger partial charge in [-0.2, -0.15) is 0 Å². The number of hydrogen-bond acceptors (Lipinski definition) is 2. The summed E-state index contributed by atoms with van der Waals surface area (Å²) in [6, 6.07) is 19.7. The number of benzene rings is 2. The third-order valence-electron chi connectivity index (χ3n) is 3.44. The van der Waals surface area contributed by atoms with E-state index >= 15 is 0 Å². The first-order valence-electron chi connectivity index (χ1n) is 7.78. The van der Waals surface area contributed by atoms with Crippen molar-refractivity contribution >= 4 is 11.6 Å². The molecule has 0 spiro atoms. The van der Waals surface area contributed by atoms with Gasteiger partial charge >= 0.3 is 0 Å². The van der Waals surface area contributed by atoms with Crippen LogP contribution in [0.3, 0.4) is 0 Å². The summed E-state index contributed by atoms with van der Waals surface area (Å²) < 4.78 is 5.57. The average Bonchev–Trinajstić information content (AvgIpc) is 2.57. The van der Waals surface area contributed by atoms with Crippen molar-refractivity contribution in [1.82, 2.24) is 0 Å². The van der Waals surface area contributed by atoms with Crippen LogP contribution in [0.5, 0.6) is 0 Å². The average molecular weight is 297 g/mol. The Morgan fingerprint density at radius 3 is 2.27 bits per heavy atom. The molecule has 0 fully saturated rings. The number of carbonyl (C=O) groups excluding carboxylic acids is 1. The van der Waals surface area contributed by atoms with Gasteiger partial charge in [-0.1, -0.05) is 61.9 Å². The molecule has 0 radical (unpaired) electrons. The van der Waals surface area contributed by atoms with E-state index in [0.29, 0.717) is 6.61 Å². The summed E-state index contributed by atoms with van der Waals surface area (Å²) in [6.07, 6.45) is 2.04. The lowest BCUT2D eigenvalue weighted by Crippen LogP contribution is -2.34. The van der Waals surface area contributed by atoms with Crippen molar-refractivity contribution < 1.29 is 9.53 Å². The maximum Gasteiger partial charge on any atom is 0.252 e. The Kier molecular flexibility index (Phi) is 6.65. The Morgan fingerprint density at radius 1 is 1.00 bits per heavy atom. The molecule has 116 valence electrons. The monoisotopic (exact) mass is 297 g/mol. The Hall–Kier alpha value is -2.13. The quantitative estimate of drug-likeness (QED) is 0.736. The van der Waals surface area contributed by atoms with Gasteiger partial charge in [-0.05, 0) is 24.1 Å². The summed E-state index contributed by atoms with van der Waals surface area (Å²) in [7, 11) is 0. The maximum atomic E-state index is 12.4. The van der Waals surface area contributed by atoms with Crippen LogP contribution in [0.4, 0.5) is 5.69 Å². The number of amides is 1. The fourth-order valence-corrected chi connectivity index (χ4v) is 2.23. The first-order valence-corrected chi connectivity index (χ1v) is 7.78. The Morgan fingerprint density at radius 2 is 1.64 bits per heavy atom. The minimum absolute atomic E-state index is 0.00980. The maximum absolute atomic E-state index is 12.4. The topological polar surface area (TPSA) is 29.5 Å². The molecule has 0 bridgehead atoms.